The molecule has 0 atom stereocenters. The summed E-state index contributed by atoms with van der Waals surface area (Å²) in [5.74, 6) is -2.99. The molecule has 0 unspecified atom stereocenters. The highest BCUT2D eigenvalue weighted by molar-refractivity contribution is 7.89. The van der Waals surface area contributed by atoms with E-state index in [4.69, 9.17) is 9.84 Å². The summed E-state index contributed by atoms with van der Waals surface area (Å²) in [6, 6.07) is 8.22. The Hall–Kier alpha value is -3.05. The molecule has 36 heavy (non-hydrogen) atoms. The number of aromatic carboxylic acids is 1. The number of piperidine rings is 1. The third kappa shape index (κ3) is 6.79. The van der Waals surface area contributed by atoms with Crippen LogP contribution in [0.4, 0.5) is 8.78 Å². The van der Waals surface area contributed by atoms with Gasteiger partial charge in [0.05, 0.1) is 17.1 Å². The molecule has 1 saturated heterocycles. The Morgan fingerprint density at radius 3 is 2.31 bits per heavy atom. The summed E-state index contributed by atoms with van der Waals surface area (Å²) in [5, 5.41) is 12.0. The molecule has 2 aromatic rings. The van der Waals surface area contributed by atoms with E-state index in [9.17, 15) is 26.8 Å². The highest BCUT2D eigenvalue weighted by Gasteiger charge is 2.33. The number of rotatable bonds is 10. The van der Waals surface area contributed by atoms with E-state index in [0.29, 0.717) is 25.7 Å². The van der Waals surface area contributed by atoms with E-state index < -0.39 is 33.0 Å². The Kier molecular flexibility index (Phi) is 8.67. The average molecular weight is 525 g/mol. The van der Waals surface area contributed by atoms with Crippen molar-refractivity contribution >= 4 is 21.9 Å². The van der Waals surface area contributed by atoms with Crippen molar-refractivity contribution in [3.8, 4) is 5.75 Å². The molecule has 0 aromatic heterocycles. The molecule has 0 aliphatic carbocycles. The van der Waals surface area contributed by atoms with Crippen molar-refractivity contribution in [1.82, 2.24) is 9.62 Å². The van der Waals surface area contributed by atoms with Gasteiger partial charge in [0.15, 0.2) is 11.6 Å². The average Bonchev–Trinajstić information content (AvgIpc) is 2.84. The third-order valence-electron chi connectivity index (χ3n) is 6.25. The number of benzene rings is 2. The van der Waals surface area contributed by atoms with Crippen molar-refractivity contribution in [2.75, 3.05) is 19.7 Å². The molecule has 0 saturated carbocycles. The molecule has 0 spiro atoms. The maximum absolute atomic E-state index is 13.3. The second kappa shape index (κ2) is 11.3. The molecule has 11 heteroatoms. The van der Waals surface area contributed by atoms with E-state index in [1.165, 1.54) is 34.6 Å². The van der Waals surface area contributed by atoms with Crippen molar-refractivity contribution in [3.63, 3.8) is 0 Å². The third-order valence-corrected chi connectivity index (χ3v) is 8.16. The SMILES string of the molecule is CC(C)(CCCOc1ccc(F)c(F)c1)C(=O)NC1CCN(S(=O)(=O)c2ccc(C(=O)O)cc2)CC1. The number of carboxylic acid groups (broad SMARTS) is 1. The van der Waals surface area contributed by atoms with Crippen LogP contribution in [0.5, 0.6) is 5.75 Å². The van der Waals surface area contributed by atoms with E-state index in [0.717, 1.165) is 12.1 Å². The van der Waals surface area contributed by atoms with Crippen molar-refractivity contribution in [1.29, 1.82) is 0 Å². The minimum absolute atomic E-state index is 0.00824. The monoisotopic (exact) mass is 524 g/mol. The summed E-state index contributed by atoms with van der Waals surface area (Å²) < 4.78 is 58.8. The summed E-state index contributed by atoms with van der Waals surface area (Å²) >= 11 is 0. The zero-order chi connectivity index (χ0) is 26.5. The van der Waals surface area contributed by atoms with Crippen LogP contribution in [0.1, 0.15) is 49.9 Å². The van der Waals surface area contributed by atoms with Crippen molar-refractivity contribution in [3.05, 3.63) is 59.7 Å². The van der Waals surface area contributed by atoms with Gasteiger partial charge in [0.25, 0.3) is 0 Å². The maximum Gasteiger partial charge on any atom is 0.335 e. The fourth-order valence-electron chi connectivity index (χ4n) is 3.92. The number of halogens is 2. The van der Waals surface area contributed by atoms with E-state index in [1.807, 2.05) is 0 Å². The lowest BCUT2D eigenvalue weighted by Crippen LogP contribution is -2.49. The fourth-order valence-corrected chi connectivity index (χ4v) is 5.39. The van der Waals surface area contributed by atoms with Crippen LogP contribution >= 0.6 is 0 Å². The first-order chi connectivity index (χ1) is 16.9. The number of amides is 1. The second-order valence-electron chi connectivity index (χ2n) is 9.39. The van der Waals surface area contributed by atoms with Gasteiger partial charge in [0.1, 0.15) is 5.75 Å². The molecule has 1 aliphatic heterocycles. The van der Waals surface area contributed by atoms with Crippen molar-refractivity contribution < 1.29 is 36.6 Å². The lowest BCUT2D eigenvalue weighted by molar-refractivity contribution is -0.130. The first-order valence-corrected chi connectivity index (χ1v) is 13.1. The lowest BCUT2D eigenvalue weighted by Gasteiger charge is -2.33. The van der Waals surface area contributed by atoms with E-state index in [-0.39, 0.29) is 47.9 Å². The molecule has 0 radical (unpaired) electrons. The van der Waals surface area contributed by atoms with Crippen LogP contribution < -0.4 is 10.1 Å². The summed E-state index contributed by atoms with van der Waals surface area (Å²) in [5.41, 5.74) is -0.694. The Balaban J connectivity index is 1.45. The minimum Gasteiger partial charge on any atom is -0.493 e. The first kappa shape index (κ1) is 27.5. The number of hydrogen-bond acceptors (Lipinski definition) is 5. The van der Waals surface area contributed by atoms with Crippen molar-refractivity contribution in [2.24, 2.45) is 5.41 Å². The van der Waals surface area contributed by atoms with Crippen LogP contribution in [0.2, 0.25) is 0 Å². The number of nitrogens with zero attached hydrogens (tertiary/aromatic N) is 1. The van der Waals surface area contributed by atoms with Crippen molar-refractivity contribution in [2.45, 2.75) is 50.5 Å². The van der Waals surface area contributed by atoms with Gasteiger partial charge >= 0.3 is 5.97 Å². The predicted octanol–water partition coefficient (Wildman–Crippen LogP) is 3.82. The van der Waals surface area contributed by atoms with Gasteiger partial charge in [-0.15, -0.1) is 0 Å². The topological polar surface area (TPSA) is 113 Å². The fraction of sp³-hybridized carbons (Fsp3) is 0.440. The molecule has 2 N–H and O–H groups in total. The summed E-state index contributed by atoms with van der Waals surface area (Å²) in [6.07, 6.45) is 1.93. The Morgan fingerprint density at radius 2 is 1.72 bits per heavy atom. The van der Waals surface area contributed by atoms with Gasteiger partial charge in [0, 0.05) is 30.6 Å². The predicted molar refractivity (Wildman–Crippen MR) is 128 cm³/mol. The Bertz CT molecular complexity index is 1190. The Morgan fingerprint density at radius 1 is 1.08 bits per heavy atom. The van der Waals surface area contributed by atoms with Crippen LogP contribution in [0, 0.1) is 17.0 Å². The number of sulfonamides is 1. The van der Waals surface area contributed by atoms with Gasteiger partial charge in [-0.3, -0.25) is 4.79 Å². The van der Waals surface area contributed by atoms with E-state index >= 15 is 0 Å². The molecule has 3 rings (SSSR count). The van der Waals surface area contributed by atoms with Gasteiger partial charge in [-0.25, -0.2) is 22.0 Å². The van der Waals surface area contributed by atoms with Crippen LogP contribution in [0.15, 0.2) is 47.4 Å². The van der Waals surface area contributed by atoms with E-state index in [1.54, 1.807) is 13.8 Å². The molecule has 1 heterocycles. The van der Waals surface area contributed by atoms with Gasteiger partial charge < -0.3 is 15.2 Å². The number of nitrogens with one attached hydrogen (secondary N) is 1. The number of carbonyl (C=O) groups is 2. The number of carboxylic acids is 1. The Labute approximate surface area is 209 Å². The standard InChI is InChI=1S/C25H30F2N2O6S/c1-25(2,12-3-15-35-19-6-9-21(26)22(27)16-19)24(32)28-18-10-13-29(14-11-18)36(33,34)20-7-4-17(5-8-20)23(30)31/h4-9,16,18H,3,10-15H2,1-2H3,(H,28,32)(H,30,31). The maximum atomic E-state index is 13.3. The van der Waals surface area contributed by atoms with Crippen LogP contribution in [-0.2, 0) is 14.8 Å². The summed E-state index contributed by atoms with van der Waals surface area (Å²) in [7, 11) is -3.76. The first-order valence-electron chi connectivity index (χ1n) is 11.6. The highest BCUT2D eigenvalue weighted by atomic mass is 32.2. The molecule has 1 aliphatic rings. The quantitative estimate of drug-likeness (QED) is 0.457. The molecule has 1 fully saturated rings. The molecular weight excluding hydrogens is 494 g/mol. The zero-order valence-corrected chi connectivity index (χ0v) is 21.0. The zero-order valence-electron chi connectivity index (χ0n) is 20.2. The highest BCUT2D eigenvalue weighted by Crippen LogP contribution is 2.26. The lowest BCUT2D eigenvalue weighted by atomic mass is 9.86. The minimum atomic E-state index is -3.76. The summed E-state index contributed by atoms with van der Waals surface area (Å²) in [6.45, 7) is 4.32. The van der Waals surface area contributed by atoms with Gasteiger partial charge in [-0.05, 0) is 62.1 Å². The molecule has 196 valence electrons. The van der Waals surface area contributed by atoms with Gasteiger partial charge in [-0.1, -0.05) is 13.8 Å². The van der Waals surface area contributed by atoms with E-state index in [2.05, 4.69) is 5.32 Å². The van der Waals surface area contributed by atoms with Crippen LogP contribution in [-0.4, -0.2) is 55.4 Å². The number of hydrogen-bond donors (Lipinski definition) is 2. The number of ether oxygens (including phenoxy) is 1. The summed E-state index contributed by atoms with van der Waals surface area (Å²) in [4.78, 5) is 23.9. The number of carbonyl (C=O) groups excluding carboxylic acids is 1. The molecular formula is C25H30F2N2O6S. The molecule has 2 aromatic carbocycles. The smallest absolute Gasteiger partial charge is 0.335 e. The molecule has 0 bridgehead atoms. The van der Waals surface area contributed by atoms with Crippen LogP contribution in [0.3, 0.4) is 0 Å². The van der Waals surface area contributed by atoms with Gasteiger partial charge in [-0.2, -0.15) is 4.31 Å². The molecule has 8 nitrogen and oxygen atoms in total. The normalized spacial score (nSPS) is 15.4. The largest absolute Gasteiger partial charge is 0.493 e. The second-order valence-corrected chi connectivity index (χ2v) is 11.3. The van der Waals surface area contributed by atoms with Crippen LogP contribution in [0.25, 0.3) is 0 Å². The van der Waals surface area contributed by atoms with Gasteiger partial charge in [0.2, 0.25) is 15.9 Å². The molecule has 1 amide bonds.